The van der Waals surface area contributed by atoms with Gasteiger partial charge in [-0.25, -0.2) is 0 Å². The molecule has 35 heavy (non-hydrogen) atoms. The highest BCUT2D eigenvalue weighted by Crippen LogP contribution is 2.32. The molecule has 0 aliphatic carbocycles. The van der Waals surface area contributed by atoms with Gasteiger partial charge in [0, 0.05) is 55.1 Å². The summed E-state index contributed by atoms with van der Waals surface area (Å²) in [6, 6.07) is 14.6. The normalized spacial score (nSPS) is 21.3. The molecule has 9 heteroatoms. The average Bonchev–Trinajstić information content (AvgIpc) is 2.85. The third kappa shape index (κ3) is 6.09. The summed E-state index contributed by atoms with van der Waals surface area (Å²) in [5, 5.41) is 20.0. The summed E-state index contributed by atoms with van der Waals surface area (Å²) in [5.74, 6) is -0.0726. The molecule has 190 valence electrons. The Morgan fingerprint density at radius 2 is 1.89 bits per heavy atom. The van der Waals surface area contributed by atoms with Crippen LogP contribution >= 0.6 is 0 Å². The molecule has 2 aliphatic heterocycles. The Morgan fingerprint density at radius 1 is 1.11 bits per heavy atom. The lowest BCUT2D eigenvalue weighted by atomic mass is 9.83. The van der Waals surface area contributed by atoms with Gasteiger partial charge in [0.25, 0.3) is 0 Å². The Labute approximate surface area is 204 Å². The number of amides is 1. The van der Waals surface area contributed by atoms with E-state index in [1.54, 1.807) is 24.0 Å². The molecule has 2 N–H and O–H groups in total. The molecular weight excluding hydrogens is 456 g/mol. The molecule has 0 bridgehead atoms. The molecule has 0 spiro atoms. The summed E-state index contributed by atoms with van der Waals surface area (Å²) in [4.78, 5) is 18.5. The number of rotatable bonds is 8. The molecule has 0 saturated carbocycles. The fourth-order valence-electron chi connectivity index (χ4n) is 4.93. The van der Waals surface area contributed by atoms with Gasteiger partial charge in [-0.05, 0) is 44.5 Å². The maximum Gasteiger partial charge on any atom is 0.387 e. The van der Waals surface area contributed by atoms with Crippen molar-refractivity contribution >= 4 is 17.3 Å². The monoisotopic (exact) mass is 489 g/mol. The van der Waals surface area contributed by atoms with Crippen LogP contribution in [-0.4, -0.2) is 72.6 Å². The van der Waals surface area contributed by atoms with Crippen molar-refractivity contribution in [1.82, 2.24) is 4.90 Å². The first-order valence-electron chi connectivity index (χ1n) is 12.0. The van der Waals surface area contributed by atoms with E-state index >= 15 is 0 Å². The Morgan fingerprint density at radius 3 is 2.57 bits per heavy atom. The van der Waals surface area contributed by atoms with Crippen molar-refractivity contribution in [2.75, 3.05) is 49.1 Å². The van der Waals surface area contributed by atoms with Gasteiger partial charge in [-0.3, -0.25) is 9.69 Å². The van der Waals surface area contributed by atoms with Crippen molar-refractivity contribution in [3.8, 4) is 5.75 Å². The van der Waals surface area contributed by atoms with Crippen LogP contribution in [0.15, 0.2) is 48.5 Å². The van der Waals surface area contributed by atoms with Crippen molar-refractivity contribution in [3.05, 3.63) is 54.1 Å². The van der Waals surface area contributed by atoms with Crippen molar-refractivity contribution in [2.45, 2.75) is 38.5 Å². The minimum absolute atomic E-state index is 0.0573. The highest BCUT2D eigenvalue weighted by atomic mass is 19.3. The summed E-state index contributed by atoms with van der Waals surface area (Å²) >= 11 is 0. The van der Waals surface area contributed by atoms with Gasteiger partial charge in [-0.1, -0.05) is 24.3 Å². The number of aliphatic hydroxyl groups excluding tert-OH is 1. The summed E-state index contributed by atoms with van der Waals surface area (Å²) in [6.07, 6.45) is 1.64. The minimum atomic E-state index is -2.97. The molecule has 2 heterocycles. The van der Waals surface area contributed by atoms with Gasteiger partial charge < -0.3 is 24.7 Å². The smallest absolute Gasteiger partial charge is 0.387 e. The molecule has 0 radical (unpaired) electrons. The van der Waals surface area contributed by atoms with E-state index in [1.165, 1.54) is 0 Å². The first-order chi connectivity index (χ1) is 16.8. The van der Waals surface area contributed by atoms with E-state index in [2.05, 4.69) is 4.90 Å². The Bertz CT molecular complexity index is 1010. The van der Waals surface area contributed by atoms with Crippen molar-refractivity contribution in [3.63, 3.8) is 0 Å². The van der Waals surface area contributed by atoms with Gasteiger partial charge in [0.05, 0.1) is 18.8 Å². The number of alkyl halides is 2. The first kappa shape index (κ1) is 25.3. The number of anilines is 2. The number of likely N-dealkylation sites (tertiary alicyclic amines) is 1. The summed E-state index contributed by atoms with van der Waals surface area (Å²) in [5.41, 5.74) is 0.936. The molecule has 1 amide bonds. The van der Waals surface area contributed by atoms with Crippen LogP contribution in [0.25, 0.3) is 0 Å². The predicted octanol–water partition coefficient (Wildman–Crippen LogP) is 3.10. The number of aliphatic hydroxyl groups is 2. The van der Waals surface area contributed by atoms with Crippen LogP contribution in [0.2, 0.25) is 0 Å². The standard InChI is InChI=1S/C26H33F2N3O4/c1-26(34,18-32)20-6-5-11-29(16-20)15-19-9-10-22(14-23(19)35-25(27)28)30-12-13-31(24(33)17-30)21-7-3-2-4-8-21/h2-4,7-10,14,20,25,32,34H,5-6,11-13,15-18H2,1H3/t20-,26+/m0/s1. The van der Waals surface area contributed by atoms with Gasteiger partial charge in [-0.15, -0.1) is 0 Å². The Kier molecular flexibility index (Phi) is 7.88. The summed E-state index contributed by atoms with van der Waals surface area (Å²) in [6.45, 7) is 1.26. The van der Waals surface area contributed by atoms with Crippen LogP contribution < -0.4 is 14.5 Å². The highest BCUT2D eigenvalue weighted by Gasteiger charge is 2.35. The third-order valence-electron chi connectivity index (χ3n) is 7.02. The van der Waals surface area contributed by atoms with Gasteiger partial charge in [0.2, 0.25) is 5.91 Å². The number of hydrogen-bond acceptors (Lipinski definition) is 6. The second kappa shape index (κ2) is 10.9. The molecule has 0 aromatic heterocycles. The quantitative estimate of drug-likeness (QED) is 0.594. The number of para-hydroxylation sites is 1. The van der Waals surface area contributed by atoms with Gasteiger partial charge >= 0.3 is 6.61 Å². The molecule has 2 saturated heterocycles. The molecule has 7 nitrogen and oxygen atoms in total. The zero-order valence-corrected chi connectivity index (χ0v) is 19.9. The number of carbonyl (C=O) groups is 1. The maximum atomic E-state index is 13.2. The van der Waals surface area contributed by atoms with E-state index in [9.17, 15) is 23.8 Å². The molecule has 2 fully saturated rings. The molecular formula is C26H33F2N3O4. The maximum absolute atomic E-state index is 13.2. The lowest BCUT2D eigenvalue weighted by Gasteiger charge is -2.40. The number of halogens is 2. The fraction of sp³-hybridized carbons (Fsp3) is 0.500. The zero-order chi connectivity index (χ0) is 25.0. The lowest BCUT2D eigenvalue weighted by molar-refractivity contribution is -0.117. The van der Waals surface area contributed by atoms with E-state index < -0.39 is 12.2 Å². The number of benzene rings is 2. The van der Waals surface area contributed by atoms with Crippen molar-refractivity contribution in [1.29, 1.82) is 0 Å². The molecule has 4 rings (SSSR count). The van der Waals surface area contributed by atoms with E-state index in [0.29, 0.717) is 37.4 Å². The van der Waals surface area contributed by atoms with E-state index in [0.717, 1.165) is 25.1 Å². The van der Waals surface area contributed by atoms with Gasteiger partial charge in [0.1, 0.15) is 5.75 Å². The summed E-state index contributed by atoms with van der Waals surface area (Å²) < 4.78 is 31.4. The number of piperidine rings is 1. The third-order valence-corrected chi connectivity index (χ3v) is 7.02. The molecule has 0 unspecified atom stereocenters. The Balaban J connectivity index is 1.48. The second-order valence-electron chi connectivity index (χ2n) is 9.56. The number of piperazine rings is 1. The molecule has 2 aromatic carbocycles. The second-order valence-corrected chi connectivity index (χ2v) is 9.56. The number of carbonyl (C=O) groups excluding carboxylic acids is 1. The number of nitrogens with zero attached hydrogens (tertiary/aromatic N) is 3. The van der Waals surface area contributed by atoms with Gasteiger partial charge in [-0.2, -0.15) is 8.78 Å². The summed E-state index contributed by atoms with van der Waals surface area (Å²) in [7, 11) is 0. The lowest BCUT2D eigenvalue weighted by Crippen LogP contribution is -2.50. The predicted molar refractivity (Wildman–Crippen MR) is 130 cm³/mol. The van der Waals surface area contributed by atoms with E-state index in [4.69, 9.17) is 4.74 Å². The van der Waals surface area contributed by atoms with Crippen LogP contribution in [0.1, 0.15) is 25.3 Å². The SMILES string of the molecule is C[C@@](O)(CO)[C@H]1CCCN(Cc2ccc(N3CCN(c4ccccc4)C(=O)C3)cc2OC(F)F)C1. The van der Waals surface area contributed by atoms with Crippen molar-refractivity contribution < 1.29 is 28.5 Å². The minimum Gasteiger partial charge on any atom is -0.434 e. The highest BCUT2D eigenvalue weighted by molar-refractivity contribution is 5.97. The van der Waals surface area contributed by atoms with Crippen LogP contribution in [0.5, 0.6) is 5.75 Å². The van der Waals surface area contributed by atoms with Crippen LogP contribution in [-0.2, 0) is 11.3 Å². The number of ether oxygens (including phenoxy) is 1. The molecule has 2 aromatic rings. The van der Waals surface area contributed by atoms with Crippen LogP contribution in [0.3, 0.4) is 0 Å². The zero-order valence-electron chi connectivity index (χ0n) is 19.9. The topological polar surface area (TPSA) is 76.5 Å². The van der Waals surface area contributed by atoms with Gasteiger partial charge in [0.15, 0.2) is 0 Å². The number of hydrogen-bond donors (Lipinski definition) is 2. The van der Waals surface area contributed by atoms with E-state index in [-0.39, 0.29) is 30.7 Å². The Hall–Kier alpha value is -2.75. The largest absolute Gasteiger partial charge is 0.434 e. The molecule has 2 aliphatic rings. The van der Waals surface area contributed by atoms with Crippen LogP contribution in [0.4, 0.5) is 20.2 Å². The van der Waals surface area contributed by atoms with E-state index in [1.807, 2.05) is 41.3 Å². The molecule has 2 atom stereocenters. The van der Waals surface area contributed by atoms with Crippen molar-refractivity contribution in [2.24, 2.45) is 5.92 Å². The average molecular weight is 490 g/mol. The fourth-order valence-corrected chi connectivity index (χ4v) is 4.93. The first-order valence-corrected chi connectivity index (χ1v) is 12.0. The van der Waals surface area contributed by atoms with Crippen LogP contribution in [0, 0.1) is 5.92 Å².